The summed E-state index contributed by atoms with van der Waals surface area (Å²) in [4.78, 5) is 6.40. The summed E-state index contributed by atoms with van der Waals surface area (Å²) >= 11 is 0. The number of sulfonamides is 1. The smallest absolute Gasteiger partial charge is 0.243 e. The lowest BCUT2D eigenvalue weighted by Gasteiger charge is -2.30. The van der Waals surface area contributed by atoms with Crippen LogP contribution in [-0.2, 0) is 23.1 Å². The molecule has 210 valence electrons. The molecule has 1 N–H and O–H groups in total. The van der Waals surface area contributed by atoms with Gasteiger partial charge in [0.05, 0.1) is 12.0 Å². The second-order valence-corrected chi connectivity index (χ2v) is 12.4. The maximum Gasteiger partial charge on any atom is 0.243 e. The molecule has 1 aromatic heterocycles. The number of aromatic amines is 1. The predicted octanol–water partition coefficient (Wildman–Crippen LogP) is 7.02. The van der Waals surface area contributed by atoms with E-state index in [1.807, 2.05) is 43.3 Å². The summed E-state index contributed by atoms with van der Waals surface area (Å²) in [6, 6.07) is 30.1. The van der Waals surface area contributed by atoms with Crippen molar-refractivity contribution < 1.29 is 13.2 Å². The lowest BCUT2D eigenvalue weighted by Crippen LogP contribution is -2.30. The lowest BCUT2D eigenvalue weighted by atomic mass is 10.0. The van der Waals surface area contributed by atoms with Crippen molar-refractivity contribution in [2.24, 2.45) is 0 Å². The normalized spacial score (nSPS) is 16.6. The fourth-order valence-electron chi connectivity index (χ4n) is 5.68. The number of benzene rings is 3. The average molecular weight is 558 g/mol. The Balaban J connectivity index is 1.41. The van der Waals surface area contributed by atoms with Gasteiger partial charge in [-0.25, -0.2) is 8.42 Å². The quantitative estimate of drug-likeness (QED) is 0.228. The summed E-state index contributed by atoms with van der Waals surface area (Å²) in [7, 11) is -2.09. The van der Waals surface area contributed by atoms with Gasteiger partial charge in [0.1, 0.15) is 5.75 Å². The molecule has 7 heteroatoms. The van der Waals surface area contributed by atoms with E-state index in [-0.39, 0.29) is 4.90 Å². The number of H-pyrrole nitrogens is 1. The fraction of sp³-hybridized carbons (Fsp3) is 0.333. The van der Waals surface area contributed by atoms with Gasteiger partial charge in [0.25, 0.3) is 0 Å². The summed E-state index contributed by atoms with van der Waals surface area (Å²) in [5, 5.41) is 0. The zero-order valence-electron chi connectivity index (χ0n) is 23.4. The third kappa shape index (κ3) is 6.33. The first-order valence-corrected chi connectivity index (χ1v) is 15.6. The van der Waals surface area contributed by atoms with Crippen molar-refractivity contribution in [2.75, 3.05) is 20.2 Å². The molecule has 1 saturated heterocycles. The van der Waals surface area contributed by atoms with E-state index < -0.39 is 10.0 Å². The molecule has 1 aliphatic heterocycles. The van der Waals surface area contributed by atoms with Gasteiger partial charge in [0.15, 0.2) is 0 Å². The maximum atomic E-state index is 13.7. The SMILES string of the molecule is CCN(Cc1ccccc1)S(=O)(=O)c1ccc(OC)c(-c2ccc(CN3CCCCC[C@H]3c3ccccc3)[nH]2)c1. The Morgan fingerprint density at radius 1 is 0.925 bits per heavy atom. The van der Waals surface area contributed by atoms with Crippen LogP contribution in [0.25, 0.3) is 11.3 Å². The molecule has 0 radical (unpaired) electrons. The highest BCUT2D eigenvalue weighted by Crippen LogP contribution is 2.35. The number of aromatic nitrogens is 1. The second kappa shape index (κ2) is 12.9. The second-order valence-electron chi connectivity index (χ2n) is 10.4. The average Bonchev–Trinajstić information content (AvgIpc) is 3.33. The number of hydrogen-bond acceptors (Lipinski definition) is 4. The van der Waals surface area contributed by atoms with Crippen LogP contribution in [0.1, 0.15) is 55.5 Å². The molecule has 1 aliphatic rings. The van der Waals surface area contributed by atoms with Crippen LogP contribution >= 0.6 is 0 Å². The molecule has 3 aromatic carbocycles. The first kappa shape index (κ1) is 28.1. The molecule has 0 bridgehead atoms. The van der Waals surface area contributed by atoms with Crippen molar-refractivity contribution in [1.82, 2.24) is 14.2 Å². The number of methoxy groups -OCH3 is 1. The molecule has 1 fully saturated rings. The van der Waals surface area contributed by atoms with Crippen molar-refractivity contribution in [3.8, 4) is 17.0 Å². The van der Waals surface area contributed by atoms with Crippen LogP contribution in [0.2, 0.25) is 0 Å². The number of hydrogen-bond donors (Lipinski definition) is 1. The standard InChI is InChI=1S/C33H39N3O3S/c1-3-36(24-26-13-7-4-8-14-26)40(37,38)29-19-21-33(39-2)30(23-29)31-20-18-28(34-31)25-35-22-12-6-11-17-32(35)27-15-9-5-10-16-27/h4-5,7-10,13-16,18-21,23,32,34H,3,6,11-12,17,22,24-25H2,1-2H3/t32-/m0/s1. The third-order valence-corrected chi connectivity index (χ3v) is 9.74. The Kier molecular flexibility index (Phi) is 9.04. The number of likely N-dealkylation sites (tertiary alicyclic amines) is 1. The van der Waals surface area contributed by atoms with Gasteiger partial charge in [-0.05, 0) is 60.8 Å². The zero-order chi connectivity index (χ0) is 28.0. The molecule has 0 unspecified atom stereocenters. The van der Waals surface area contributed by atoms with Crippen LogP contribution in [0.3, 0.4) is 0 Å². The number of ether oxygens (including phenoxy) is 1. The van der Waals surface area contributed by atoms with Crippen LogP contribution in [0.5, 0.6) is 5.75 Å². The van der Waals surface area contributed by atoms with Crippen molar-refractivity contribution in [3.63, 3.8) is 0 Å². The number of nitrogens with one attached hydrogen (secondary N) is 1. The monoisotopic (exact) mass is 557 g/mol. The molecule has 0 saturated carbocycles. The molecular weight excluding hydrogens is 518 g/mol. The molecule has 0 spiro atoms. The van der Waals surface area contributed by atoms with Crippen LogP contribution < -0.4 is 4.74 Å². The molecule has 0 amide bonds. The van der Waals surface area contributed by atoms with Crippen molar-refractivity contribution in [3.05, 3.63) is 108 Å². The molecule has 0 aliphatic carbocycles. The summed E-state index contributed by atoms with van der Waals surface area (Å²) in [5.41, 5.74) is 5.01. The van der Waals surface area contributed by atoms with Crippen LogP contribution in [-0.4, -0.2) is 42.8 Å². The Bertz CT molecular complexity index is 1490. The van der Waals surface area contributed by atoms with Crippen molar-refractivity contribution in [2.45, 2.75) is 56.6 Å². The predicted molar refractivity (Wildman–Crippen MR) is 161 cm³/mol. The van der Waals surface area contributed by atoms with Gasteiger partial charge in [0, 0.05) is 42.6 Å². The van der Waals surface area contributed by atoms with E-state index in [2.05, 4.69) is 46.3 Å². The summed E-state index contributed by atoms with van der Waals surface area (Å²) < 4.78 is 34.6. The zero-order valence-corrected chi connectivity index (χ0v) is 24.2. The first-order chi connectivity index (χ1) is 19.5. The highest BCUT2D eigenvalue weighted by molar-refractivity contribution is 7.89. The van der Waals surface area contributed by atoms with Crippen molar-refractivity contribution >= 4 is 10.0 Å². The molecule has 40 heavy (non-hydrogen) atoms. The highest BCUT2D eigenvalue weighted by Gasteiger charge is 2.26. The van der Waals surface area contributed by atoms with Gasteiger partial charge in [-0.15, -0.1) is 0 Å². The minimum absolute atomic E-state index is 0.258. The van der Waals surface area contributed by atoms with Gasteiger partial charge in [-0.2, -0.15) is 4.31 Å². The Morgan fingerprint density at radius 3 is 2.40 bits per heavy atom. The Hall–Kier alpha value is -3.39. The molecule has 4 aromatic rings. The number of rotatable bonds is 10. The van der Waals surface area contributed by atoms with E-state index in [0.29, 0.717) is 24.9 Å². The minimum Gasteiger partial charge on any atom is -0.496 e. The molecule has 1 atom stereocenters. The van der Waals surface area contributed by atoms with E-state index in [1.54, 1.807) is 25.3 Å². The fourth-order valence-corrected chi connectivity index (χ4v) is 7.14. The molecule has 5 rings (SSSR count). The summed E-state index contributed by atoms with van der Waals surface area (Å²) in [6.07, 6.45) is 4.85. The van der Waals surface area contributed by atoms with Crippen LogP contribution in [0.15, 0.2) is 95.9 Å². The maximum absolute atomic E-state index is 13.7. The van der Waals surface area contributed by atoms with E-state index in [0.717, 1.165) is 42.0 Å². The molecule has 2 heterocycles. The highest BCUT2D eigenvalue weighted by atomic mass is 32.2. The van der Waals surface area contributed by atoms with Gasteiger partial charge < -0.3 is 9.72 Å². The van der Waals surface area contributed by atoms with E-state index in [4.69, 9.17) is 4.74 Å². The number of nitrogens with zero attached hydrogens (tertiary/aromatic N) is 2. The van der Waals surface area contributed by atoms with E-state index in [9.17, 15) is 8.42 Å². The Labute approximate surface area is 238 Å². The largest absolute Gasteiger partial charge is 0.496 e. The molecular formula is C33H39N3O3S. The van der Waals surface area contributed by atoms with Crippen LogP contribution in [0, 0.1) is 0 Å². The van der Waals surface area contributed by atoms with Gasteiger partial charge >= 0.3 is 0 Å². The summed E-state index contributed by atoms with van der Waals surface area (Å²) in [6.45, 7) is 4.43. The van der Waals surface area contributed by atoms with Crippen LogP contribution in [0.4, 0.5) is 0 Å². The third-order valence-electron chi connectivity index (χ3n) is 7.82. The van der Waals surface area contributed by atoms with Gasteiger partial charge in [-0.3, -0.25) is 4.90 Å². The first-order valence-electron chi connectivity index (χ1n) is 14.2. The van der Waals surface area contributed by atoms with Gasteiger partial charge in [0.2, 0.25) is 10.0 Å². The van der Waals surface area contributed by atoms with Crippen molar-refractivity contribution in [1.29, 1.82) is 0 Å². The van der Waals surface area contributed by atoms with E-state index >= 15 is 0 Å². The van der Waals surface area contributed by atoms with Gasteiger partial charge in [-0.1, -0.05) is 80.4 Å². The van der Waals surface area contributed by atoms with E-state index in [1.165, 1.54) is 29.1 Å². The minimum atomic E-state index is -3.71. The molecule has 6 nitrogen and oxygen atoms in total. The topological polar surface area (TPSA) is 65.6 Å². The summed E-state index contributed by atoms with van der Waals surface area (Å²) in [5.74, 6) is 0.635. The Morgan fingerprint density at radius 2 is 1.68 bits per heavy atom. The lowest BCUT2D eigenvalue weighted by molar-refractivity contribution is 0.190.